The number of carbonyl (C=O) groups excluding carboxylic acids is 2. The van der Waals surface area contributed by atoms with E-state index in [0.29, 0.717) is 0 Å². The zero-order valence-corrected chi connectivity index (χ0v) is 12.3. The average Bonchev–Trinajstić information content (AvgIpc) is 2.28. The number of rotatable bonds is 2. The molecule has 0 amide bonds. The van der Waals surface area contributed by atoms with E-state index in [1.807, 2.05) is 0 Å². The fraction of sp³-hybridized carbons (Fsp3) is 0. The van der Waals surface area contributed by atoms with Gasteiger partial charge in [-0.1, -0.05) is 13.2 Å². The van der Waals surface area contributed by atoms with Gasteiger partial charge >= 0.3 is 54.8 Å². The summed E-state index contributed by atoms with van der Waals surface area (Å²) in [6.45, 7) is 5.80. The molecule has 0 fully saturated rings. The first-order valence-corrected chi connectivity index (χ1v) is 4.32. The number of carboxylic acids is 2. The quantitative estimate of drug-likeness (QED) is 0.362. The summed E-state index contributed by atoms with van der Waals surface area (Å²) in [7, 11) is 0. The van der Waals surface area contributed by atoms with Gasteiger partial charge in [0.05, 0.1) is 11.9 Å². The maximum atomic E-state index is 10.2. The van der Waals surface area contributed by atoms with Gasteiger partial charge in [-0.05, 0) is 12.2 Å². The molecule has 11 heteroatoms. The number of carbonyl (C=O) groups is 2. The Morgan fingerprint density at radius 3 is 1.05 bits per heavy atom. The predicted octanol–water partition coefficient (Wildman–Crippen LogP) is -4.78. The standard InChI is InChI=1S/C3H3N3O3.2C3H4O2.Ca/c7-1-4-2(8)6-3(9)5-1;2*1-2-3(4)5;/h(H3,4,5,6,7,8,9);2*2H,1H2,(H,4,5);/q;;;+2/p-2. The largest absolute Gasteiger partial charge is 2.00 e. The monoisotopic (exact) mass is 311 g/mol. The molecule has 104 valence electrons. The molecule has 0 unspecified atom stereocenters. The molecule has 0 aromatic carbocycles. The number of aromatic amines is 3. The Kier molecular flexibility index (Phi) is 15.7. The summed E-state index contributed by atoms with van der Waals surface area (Å²) < 4.78 is 0. The van der Waals surface area contributed by atoms with Crippen LogP contribution in [0.15, 0.2) is 39.7 Å². The normalized spacial score (nSPS) is 7.40. The van der Waals surface area contributed by atoms with Gasteiger partial charge in [0.2, 0.25) is 0 Å². The molecular weight excluding hydrogens is 302 g/mol. The first kappa shape index (κ1) is 23.2. The molecule has 0 aliphatic rings. The van der Waals surface area contributed by atoms with Crippen molar-refractivity contribution in [3.05, 3.63) is 56.8 Å². The van der Waals surface area contributed by atoms with E-state index >= 15 is 0 Å². The van der Waals surface area contributed by atoms with Gasteiger partial charge in [0.15, 0.2) is 0 Å². The topological polar surface area (TPSA) is 179 Å². The Bertz CT molecular complexity index is 516. The number of carboxylic acid groups (broad SMARTS) is 2. The molecule has 1 aromatic rings. The van der Waals surface area contributed by atoms with Gasteiger partial charge in [0.1, 0.15) is 0 Å². The Hall–Kier alpha value is -1.91. The van der Waals surface area contributed by atoms with Crippen molar-refractivity contribution in [2.75, 3.05) is 0 Å². The van der Waals surface area contributed by atoms with E-state index in [4.69, 9.17) is 19.8 Å². The molecule has 0 spiro atoms. The van der Waals surface area contributed by atoms with Crippen LogP contribution in [0.2, 0.25) is 0 Å². The molecule has 0 aliphatic carbocycles. The molecule has 3 N–H and O–H groups in total. The van der Waals surface area contributed by atoms with Crippen molar-refractivity contribution in [2.45, 2.75) is 0 Å². The summed E-state index contributed by atoms with van der Waals surface area (Å²) in [6.07, 6.45) is 1.44. The second-order valence-corrected chi connectivity index (χ2v) is 2.41. The van der Waals surface area contributed by atoms with Crippen LogP contribution in [0.25, 0.3) is 0 Å². The van der Waals surface area contributed by atoms with Crippen LogP contribution in [0.4, 0.5) is 0 Å². The summed E-state index contributed by atoms with van der Waals surface area (Å²) in [5.41, 5.74) is -2.41. The number of nitrogens with one attached hydrogen (secondary N) is 3. The van der Waals surface area contributed by atoms with Crippen LogP contribution in [-0.2, 0) is 9.59 Å². The van der Waals surface area contributed by atoms with Gasteiger partial charge in [-0.2, -0.15) is 0 Å². The van der Waals surface area contributed by atoms with E-state index in [0.717, 1.165) is 12.2 Å². The number of aliphatic carboxylic acids is 2. The first-order valence-electron chi connectivity index (χ1n) is 4.32. The molecule has 1 rings (SSSR count). The van der Waals surface area contributed by atoms with Crippen molar-refractivity contribution >= 4 is 49.7 Å². The van der Waals surface area contributed by atoms with Crippen molar-refractivity contribution in [3.63, 3.8) is 0 Å². The molecule has 1 heterocycles. The molecule has 0 atom stereocenters. The average molecular weight is 311 g/mol. The number of hydrogen-bond donors (Lipinski definition) is 3. The minimum absolute atomic E-state index is 0. The van der Waals surface area contributed by atoms with Gasteiger partial charge in [0, 0.05) is 0 Å². The third kappa shape index (κ3) is 18.5. The van der Waals surface area contributed by atoms with E-state index < -0.39 is 29.0 Å². The molecule has 0 aliphatic heterocycles. The predicted molar refractivity (Wildman–Crippen MR) is 64.5 cm³/mol. The Balaban J connectivity index is -0.000000230. The van der Waals surface area contributed by atoms with Crippen LogP contribution in [0, 0.1) is 0 Å². The summed E-state index contributed by atoms with van der Waals surface area (Å²) in [6, 6.07) is 0. The SMILES string of the molecule is C=CC(=O)[O-].C=CC(=O)[O-].O=c1[nH]c(=O)[nH]c(=O)[nH]1.[Ca+2]. The third-order valence-corrected chi connectivity index (χ3v) is 1.01. The zero-order valence-electron chi connectivity index (χ0n) is 10.1. The fourth-order valence-electron chi connectivity index (χ4n) is 0.403. The summed E-state index contributed by atoms with van der Waals surface area (Å²) >= 11 is 0. The van der Waals surface area contributed by atoms with Gasteiger partial charge in [-0.25, -0.2) is 14.4 Å². The molecule has 10 nitrogen and oxygen atoms in total. The van der Waals surface area contributed by atoms with Crippen LogP contribution >= 0.6 is 0 Å². The van der Waals surface area contributed by atoms with Crippen LogP contribution in [-0.4, -0.2) is 64.6 Å². The molecule has 0 saturated carbocycles. The van der Waals surface area contributed by atoms with Crippen molar-refractivity contribution in [3.8, 4) is 0 Å². The number of hydrogen-bond acceptors (Lipinski definition) is 7. The van der Waals surface area contributed by atoms with Gasteiger partial charge in [-0.15, -0.1) is 0 Å². The minimum atomic E-state index is -1.23. The molecule has 20 heavy (non-hydrogen) atoms. The van der Waals surface area contributed by atoms with E-state index in [9.17, 15) is 14.4 Å². The van der Waals surface area contributed by atoms with Crippen molar-refractivity contribution in [1.29, 1.82) is 0 Å². The van der Waals surface area contributed by atoms with Crippen molar-refractivity contribution < 1.29 is 19.8 Å². The number of aromatic nitrogens is 3. The summed E-state index contributed by atoms with van der Waals surface area (Å²) in [4.78, 5) is 54.2. The van der Waals surface area contributed by atoms with E-state index in [1.165, 1.54) is 0 Å². The third-order valence-electron chi connectivity index (χ3n) is 1.01. The summed E-state index contributed by atoms with van der Waals surface area (Å²) in [5.74, 6) is -2.46. The Morgan fingerprint density at radius 1 is 0.800 bits per heavy atom. The van der Waals surface area contributed by atoms with Gasteiger partial charge < -0.3 is 19.8 Å². The number of H-pyrrole nitrogens is 3. The van der Waals surface area contributed by atoms with Gasteiger partial charge in [0.25, 0.3) is 0 Å². The molecule has 0 bridgehead atoms. The van der Waals surface area contributed by atoms with Crippen LogP contribution in [0.1, 0.15) is 0 Å². The van der Waals surface area contributed by atoms with E-state index in [2.05, 4.69) is 13.2 Å². The first-order chi connectivity index (χ1) is 8.72. The molecule has 1 aromatic heterocycles. The Labute approximate surface area is 140 Å². The van der Waals surface area contributed by atoms with Crippen molar-refractivity contribution in [2.24, 2.45) is 0 Å². The van der Waals surface area contributed by atoms with E-state index in [-0.39, 0.29) is 37.7 Å². The summed E-state index contributed by atoms with van der Waals surface area (Å²) in [5, 5.41) is 18.3. The van der Waals surface area contributed by atoms with Crippen LogP contribution in [0.5, 0.6) is 0 Å². The van der Waals surface area contributed by atoms with Gasteiger partial charge in [-0.3, -0.25) is 15.0 Å². The molecule has 0 radical (unpaired) electrons. The van der Waals surface area contributed by atoms with Crippen molar-refractivity contribution in [1.82, 2.24) is 15.0 Å². The zero-order chi connectivity index (χ0) is 15.4. The maximum absolute atomic E-state index is 10.2. The van der Waals surface area contributed by atoms with E-state index in [1.54, 1.807) is 15.0 Å². The minimum Gasteiger partial charge on any atom is -0.545 e. The fourth-order valence-corrected chi connectivity index (χ4v) is 0.403. The Morgan fingerprint density at radius 2 is 0.950 bits per heavy atom. The van der Waals surface area contributed by atoms with Crippen LogP contribution in [0.3, 0.4) is 0 Å². The molecular formula is C9H9CaN3O7. The smallest absolute Gasteiger partial charge is 0.545 e. The molecule has 0 saturated heterocycles. The van der Waals surface area contributed by atoms with Crippen LogP contribution < -0.4 is 27.3 Å². The maximum Gasteiger partial charge on any atom is 2.00 e. The second kappa shape index (κ2) is 13.5. The second-order valence-electron chi connectivity index (χ2n) is 2.41.